The van der Waals surface area contributed by atoms with Crippen LogP contribution >= 0.6 is 0 Å². The molecule has 5 nitrogen and oxygen atoms in total. The summed E-state index contributed by atoms with van der Waals surface area (Å²) in [6.07, 6.45) is 1.39. The first-order valence-electron chi connectivity index (χ1n) is 6.09. The number of nitrogens with two attached hydrogens (primary N) is 1. The van der Waals surface area contributed by atoms with Gasteiger partial charge in [-0.05, 0) is 40.2 Å². The van der Waals surface area contributed by atoms with Crippen molar-refractivity contribution in [2.45, 2.75) is 39.2 Å². The summed E-state index contributed by atoms with van der Waals surface area (Å²) < 4.78 is 10.6. The van der Waals surface area contributed by atoms with Gasteiger partial charge in [-0.1, -0.05) is 0 Å². The molecule has 0 saturated heterocycles. The summed E-state index contributed by atoms with van der Waals surface area (Å²) in [6.45, 7) is 8.19. The highest BCUT2D eigenvalue weighted by molar-refractivity contribution is 5.67. The van der Waals surface area contributed by atoms with Gasteiger partial charge in [0.25, 0.3) is 0 Å². The molecule has 0 unspecified atom stereocenters. The van der Waals surface area contributed by atoms with Crippen LogP contribution in [0.15, 0.2) is 0 Å². The second kappa shape index (κ2) is 8.31. The lowest BCUT2D eigenvalue weighted by atomic mass is 10.2. The van der Waals surface area contributed by atoms with Gasteiger partial charge in [0, 0.05) is 26.8 Å². The van der Waals surface area contributed by atoms with Crippen LogP contribution in [0.3, 0.4) is 0 Å². The van der Waals surface area contributed by atoms with Crippen molar-refractivity contribution in [2.75, 3.05) is 33.4 Å². The summed E-state index contributed by atoms with van der Waals surface area (Å²) in [7, 11) is 1.73. The molecule has 0 spiro atoms. The second-order valence-electron chi connectivity index (χ2n) is 5.01. The van der Waals surface area contributed by atoms with Gasteiger partial charge in [0.1, 0.15) is 5.60 Å². The Labute approximate surface area is 104 Å². The summed E-state index contributed by atoms with van der Waals surface area (Å²) >= 11 is 0. The lowest BCUT2D eigenvalue weighted by Gasteiger charge is -2.24. The topological polar surface area (TPSA) is 64.8 Å². The number of amides is 1. The summed E-state index contributed by atoms with van der Waals surface area (Å²) in [4.78, 5) is 13.1. The molecule has 0 heterocycles. The monoisotopic (exact) mass is 246 g/mol. The normalized spacial score (nSPS) is 11.4. The van der Waals surface area contributed by atoms with E-state index in [0.717, 1.165) is 12.8 Å². The third-order valence-corrected chi connectivity index (χ3v) is 1.98. The molecule has 0 aliphatic carbocycles. The molecule has 0 fully saturated rings. The number of hydrogen-bond acceptors (Lipinski definition) is 4. The molecule has 1 amide bonds. The molecule has 5 heteroatoms. The first-order chi connectivity index (χ1) is 7.87. The lowest BCUT2D eigenvalue weighted by Crippen LogP contribution is -2.35. The van der Waals surface area contributed by atoms with E-state index < -0.39 is 5.60 Å². The van der Waals surface area contributed by atoms with Crippen LogP contribution < -0.4 is 5.73 Å². The number of carbonyl (C=O) groups excluding carboxylic acids is 1. The number of ether oxygens (including phenoxy) is 2. The molecule has 17 heavy (non-hydrogen) atoms. The Balaban J connectivity index is 3.58. The van der Waals surface area contributed by atoms with Crippen LogP contribution in [-0.2, 0) is 9.47 Å². The third kappa shape index (κ3) is 10.1. The minimum atomic E-state index is -0.441. The summed E-state index contributed by atoms with van der Waals surface area (Å²) in [6, 6.07) is 0. The first-order valence-corrected chi connectivity index (χ1v) is 6.09. The minimum absolute atomic E-state index is 0.292. The zero-order valence-corrected chi connectivity index (χ0v) is 11.5. The Morgan fingerprint density at radius 3 is 2.35 bits per heavy atom. The molecule has 0 saturated carbocycles. The van der Waals surface area contributed by atoms with Crippen LogP contribution in [-0.4, -0.2) is 49.9 Å². The molecule has 0 atom stereocenters. The minimum Gasteiger partial charge on any atom is -0.444 e. The Bertz CT molecular complexity index is 214. The van der Waals surface area contributed by atoms with Crippen molar-refractivity contribution in [3.05, 3.63) is 0 Å². The molecule has 0 rings (SSSR count). The van der Waals surface area contributed by atoms with Crippen LogP contribution in [0.4, 0.5) is 4.79 Å². The summed E-state index contributed by atoms with van der Waals surface area (Å²) in [5, 5.41) is 0. The fourth-order valence-electron chi connectivity index (χ4n) is 1.12. The van der Waals surface area contributed by atoms with E-state index in [-0.39, 0.29) is 6.09 Å². The van der Waals surface area contributed by atoms with Crippen molar-refractivity contribution < 1.29 is 14.3 Å². The highest BCUT2D eigenvalue weighted by atomic mass is 16.6. The number of rotatable bonds is 7. The van der Waals surface area contributed by atoms with Gasteiger partial charge in [-0.3, -0.25) is 0 Å². The zero-order chi connectivity index (χ0) is 13.3. The summed E-state index contributed by atoms with van der Waals surface area (Å²) in [5.74, 6) is 0. The lowest BCUT2D eigenvalue weighted by molar-refractivity contribution is 0.0279. The third-order valence-electron chi connectivity index (χ3n) is 1.98. The molecule has 102 valence electrons. The quantitative estimate of drug-likeness (QED) is 0.693. The van der Waals surface area contributed by atoms with Crippen LogP contribution in [0.1, 0.15) is 33.6 Å². The molecule has 0 aliphatic rings. The summed E-state index contributed by atoms with van der Waals surface area (Å²) in [5.41, 5.74) is 4.90. The van der Waals surface area contributed by atoms with Gasteiger partial charge in [-0.2, -0.15) is 0 Å². The predicted molar refractivity (Wildman–Crippen MR) is 68.0 cm³/mol. The van der Waals surface area contributed by atoms with E-state index in [9.17, 15) is 4.79 Å². The maximum Gasteiger partial charge on any atom is 0.410 e. The molecule has 0 bridgehead atoms. The highest BCUT2D eigenvalue weighted by Crippen LogP contribution is 2.09. The Kier molecular flexibility index (Phi) is 7.91. The van der Waals surface area contributed by atoms with Crippen molar-refractivity contribution in [1.29, 1.82) is 0 Å². The average molecular weight is 246 g/mol. The molecule has 0 radical (unpaired) electrons. The van der Waals surface area contributed by atoms with Gasteiger partial charge in [0.2, 0.25) is 0 Å². The van der Waals surface area contributed by atoms with E-state index >= 15 is 0 Å². The van der Waals surface area contributed by atoms with Gasteiger partial charge >= 0.3 is 6.09 Å². The van der Waals surface area contributed by atoms with Crippen LogP contribution in [0.5, 0.6) is 0 Å². The molecule has 0 aromatic carbocycles. The van der Waals surface area contributed by atoms with Crippen molar-refractivity contribution >= 4 is 6.09 Å². The van der Waals surface area contributed by atoms with Crippen molar-refractivity contribution in [1.82, 2.24) is 4.90 Å². The maximum absolute atomic E-state index is 11.6. The fourth-order valence-corrected chi connectivity index (χ4v) is 1.12. The van der Waals surface area contributed by atoms with Crippen LogP contribution in [0.2, 0.25) is 0 Å². The molecular weight excluding hydrogens is 220 g/mol. The van der Waals surface area contributed by atoms with E-state index in [1.807, 2.05) is 20.8 Å². The fraction of sp³-hybridized carbons (Fsp3) is 0.917. The number of hydrogen-bond donors (Lipinski definition) is 1. The highest BCUT2D eigenvalue weighted by Gasteiger charge is 2.18. The maximum atomic E-state index is 11.6. The Hall–Kier alpha value is -0.810. The largest absolute Gasteiger partial charge is 0.444 e. The van der Waals surface area contributed by atoms with E-state index in [1.165, 1.54) is 0 Å². The average Bonchev–Trinajstić information content (AvgIpc) is 2.20. The number of nitrogens with zero attached hydrogens (tertiary/aromatic N) is 1. The smallest absolute Gasteiger partial charge is 0.410 e. The molecule has 0 aromatic heterocycles. The van der Waals surface area contributed by atoms with Crippen molar-refractivity contribution in [3.8, 4) is 0 Å². The van der Waals surface area contributed by atoms with Gasteiger partial charge in [0.05, 0.1) is 0 Å². The molecule has 0 aromatic rings. The molecular formula is C12H26N2O3. The van der Waals surface area contributed by atoms with Crippen molar-refractivity contribution in [2.24, 2.45) is 5.73 Å². The van der Waals surface area contributed by atoms with Gasteiger partial charge < -0.3 is 20.1 Å². The van der Waals surface area contributed by atoms with Gasteiger partial charge in [-0.25, -0.2) is 4.79 Å². The Morgan fingerprint density at radius 1 is 1.24 bits per heavy atom. The number of carbonyl (C=O) groups is 1. The second-order valence-corrected chi connectivity index (χ2v) is 5.01. The van der Waals surface area contributed by atoms with Gasteiger partial charge in [-0.15, -0.1) is 0 Å². The van der Waals surface area contributed by atoms with Crippen molar-refractivity contribution in [3.63, 3.8) is 0 Å². The van der Waals surface area contributed by atoms with E-state index in [0.29, 0.717) is 26.3 Å². The van der Waals surface area contributed by atoms with E-state index in [2.05, 4.69) is 0 Å². The molecule has 2 N–H and O–H groups in total. The Morgan fingerprint density at radius 2 is 1.82 bits per heavy atom. The zero-order valence-electron chi connectivity index (χ0n) is 11.5. The molecule has 0 aliphatic heterocycles. The SMILES string of the molecule is CN(CCCOCCCN)C(=O)OC(C)(C)C. The standard InChI is InChI=1S/C12H26N2O3/c1-12(2,3)17-11(15)14(4)8-6-10-16-9-5-7-13/h5-10,13H2,1-4H3. The predicted octanol–water partition coefficient (Wildman–Crippen LogP) is 1.61. The first kappa shape index (κ1) is 16.2. The van der Waals surface area contributed by atoms with E-state index in [1.54, 1.807) is 11.9 Å². The van der Waals surface area contributed by atoms with Crippen LogP contribution in [0, 0.1) is 0 Å². The van der Waals surface area contributed by atoms with E-state index in [4.69, 9.17) is 15.2 Å². The van der Waals surface area contributed by atoms with Crippen LogP contribution in [0.25, 0.3) is 0 Å². The van der Waals surface area contributed by atoms with Gasteiger partial charge in [0.15, 0.2) is 0 Å².